The van der Waals surface area contributed by atoms with E-state index in [1.54, 1.807) is 31.6 Å². The maximum absolute atomic E-state index is 14.0. The molecule has 138 valence electrons. The fourth-order valence-corrected chi connectivity index (χ4v) is 3.33. The molecule has 2 heterocycles. The molecule has 26 heavy (non-hydrogen) atoms. The lowest BCUT2D eigenvalue weighted by Crippen LogP contribution is -2.40. The Hall–Kier alpha value is -2.70. The van der Waals surface area contributed by atoms with Crippen LogP contribution in [0.15, 0.2) is 46.6 Å². The number of rotatable bonds is 5. The van der Waals surface area contributed by atoms with Gasteiger partial charge in [-0.05, 0) is 24.5 Å². The van der Waals surface area contributed by atoms with Crippen LogP contribution in [0, 0.1) is 11.7 Å². The van der Waals surface area contributed by atoms with Crippen molar-refractivity contribution in [3.63, 3.8) is 0 Å². The zero-order valence-corrected chi connectivity index (χ0v) is 15.1. The number of hydrogen-bond acceptors (Lipinski definition) is 5. The summed E-state index contributed by atoms with van der Waals surface area (Å²) in [6, 6.07) is 6.73. The van der Waals surface area contributed by atoms with E-state index in [1.165, 1.54) is 17.7 Å². The average Bonchev–Trinajstić information content (AvgIpc) is 2.65. The Bertz CT molecular complexity index is 841. The molecule has 0 bridgehead atoms. The summed E-state index contributed by atoms with van der Waals surface area (Å²) in [5.41, 5.74) is 1.36. The van der Waals surface area contributed by atoms with Gasteiger partial charge in [-0.25, -0.2) is 9.37 Å². The van der Waals surface area contributed by atoms with Gasteiger partial charge in [-0.3, -0.25) is 4.79 Å². The summed E-state index contributed by atoms with van der Waals surface area (Å²) < 4.78 is 15.5. The highest BCUT2D eigenvalue weighted by Crippen LogP contribution is 2.23. The van der Waals surface area contributed by atoms with Crippen molar-refractivity contribution in [1.29, 1.82) is 0 Å². The number of aromatic nitrogens is 2. The Morgan fingerprint density at radius 2 is 2.08 bits per heavy atom. The molecule has 7 heteroatoms. The number of nitrogens with zero attached hydrogens (tertiary/aromatic N) is 4. The number of piperidine rings is 1. The minimum atomic E-state index is -0.231. The standard InChI is InChI=1S/C19H23FN4O2/c1-23-12-9-21-18(19(23)25)24-10-7-14(8-11-24)17(22-26-2)13-15-5-3-4-6-16(15)20/h3-6,9,12,14H,7-8,10-11,13H2,1-2H3. The third-order valence-corrected chi connectivity index (χ3v) is 4.80. The normalized spacial score (nSPS) is 16.0. The van der Waals surface area contributed by atoms with E-state index in [4.69, 9.17) is 4.84 Å². The van der Waals surface area contributed by atoms with Crippen molar-refractivity contribution < 1.29 is 9.23 Å². The number of anilines is 1. The molecule has 1 aliphatic rings. The van der Waals surface area contributed by atoms with E-state index in [0.29, 0.717) is 30.9 Å². The van der Waals surface area contributed by atoms with Gasteiger partial charge in [-0.15, -0.1) is 0 Å². The molecule has 3 rings (SSSR count). The van der Waals surface area contributed by atoms with Crippen molar-refractivity contribution in [2.45, 2.75) is 19.3 Å². The molecule has 1 fully saturated rings. The molecule has 0 unspecified atom stereocenters. The SMILES string of the molecule is CON=C(Cc1ccccc1F)C1CCN(c2nccn(C)c2=O)CC1. The first-order chi connectivity index (χ1) is 12.6. The number of hydrogen-bond donors (Lipinski definition) is 0. The second-order valence-electron chi connectivity index (χ2n) is 6.46. The summed E-state index contributed by atoms with van der Waals surface area (Å²) in [6.45, 7) is 1.41. The van der Waals surface area contributed by atoms with Gasteiger partial charge >= 0.3 is 0 Å². The van der Waals surface area contributed by atoms with Crippen molar-refractivity contribution in [3.05, 3.63) is 58.4 Å². The molecule has 0 radical (unpaired) electrons. The first-order valence-corrected chi connectivity index (χ1v) is 8.70. The second-order valence-corrected chi connectivity index (χ2v) is 6.46. The molecule has 0 N–H and O–H groups in total. The summed E-state index contributed by atoms with van der Waals surface area (Å²) >= 11 is 0. The van der Waals surface area contributed by atoms with Crippen LogP contribution in [0.5, 0.6) is 0 Å². The first kappa shape index (κ1) is 18.1. The molecule has 1 saturated heterocycles. The highest BCUT2D eigenvalue weighted by Gasteiger charge is 2.26. The van der Waals surface area contributed by atoms with Crippen LogP contribution in [0.25, 0.3) is 0 Å². The zero-order valence-electron chi connectivity index (χ0n) is 15.1. The van der Waals surface area contributed by atoms with Crippen LogP contribution in [0.1, 0.15) is 18.4 Å². The third kappa shape index (κ3) is 3.92. The lowest BCUT2D eigenvalue weighted by atomic mass is 9.88. The molecular weight excluding hydrogens is 335 g/mol. The second kappa shape index (κ2) is 8.12. The fraction of sp³-hybridized carbons (Fsp3) is 0.421. The van der Waals surface area contributed by atoms with Gasteiger partial charge in [0.25, 0.3) is 5.56 Å². The molecule has 0 aliphatic carbocycles. The van der Waals surface area contributed by atoms with Crippen LogP contribution in [0.3, 0.4) is 0 Å². The van der Waals surface area contributed by atoms with Gasteiger partial charge in [-0.2, -0.15) is 0 Å². The van der Waals surface area contributed by atoms with Gasteiger partial charge in [0.2, 0.25) is 0 Å². The van der Waals surface area contributed by atoms with Crippen LogP contribution >= 0.6 is 0 Å². The van der Waals surface area contributed by atoms with Crippen molar-refractivity contribution in [1.82, 2.24) is 9.55 Å². The molecule has 6 nitrogen and oxygen atoms in total. The zero-order chi connectivity index (χ0) is 18.5. The van der Waals surface area contributed by atoms with Gasteiger partial charge in [0, 0.05) is 44.9 Å². The third-order valence-electron chi connectivity index (χ3n) is 4.80. The number of halogens is 1. The van der Waals surface area contributed by atoms with Gasteiger partial charge in [0.15, 0.2) is 5.82 Å². The van der Waals surface area contributed by atoms with Gasteiger partial charge in [0.1, 0.15) is 12.9 Å². The average molecular weight is 358 g/mol. The Balaban J connectivity index is 1.70. The van der Waals surface area contributed by atoms with Crippen molar-refractivity contribution in [2.24, 2.45) is 18.1 Å². The van der Waals surface area contributed by atoms with Crippen LogP contribution in [-0.2, 0) is 18.3 Å². The van der Waals surface area contributed by atoms with Gasteiger partial charge in [0.05, 0.1) is 5.71 Å². The molecule has 0 saturated carbocycles. The fourth-order valence-electron chi connectivity index (χ4n) is 3.33. The minimum Gasteiger partial charge on any atom is -0.399 e. The summed E-state index contributed by atoms with van der Waals surface area (Å²) in [5.74, 6) is 0.442. The van der Waals surface area contributed by atoms with Gasteiger partial charge in [-0.1, -0.05) is 23.4 Å². The first-order valence-electron chi connectivity index (χ1n) is 8.70. The molecule has 0 amide bonds. The smallest absolute Gasteiger partial charge is 0.293 e. The molecule has 0 atom stereocenters. The maximum Gasteiger partial charge on any atom is 0.293 e. The van der Waals surface area contributed by atoms with Gasteiger partial charge < -0.3 is 14.3 Å². The topological polar surface area (TPSA) is 59.7 Å². The Kier molecular flexibility index (Phi) is 5.65. The molecule has 1 aromatic carbocycles. The van der Waals surface area contributed by atoms with E-state index in [1.807, 2.05) is 11.0 Å². The molecule has 1 aromatic heterocycles. The number of oxime groups is 1. The molecule has 1 aliphatic heterocycles. The van der Waals surface area contributed by atoms with Crippen molar-refractivity contribution >= 4 is 11.5 Å². The van der Waals surface area contributed by atoms with Crippen LogP contribution in [-0.4, -0.2) is 35.5 Å². The van der Waals surface area contributed by atoms with E-state index < -0.39 is 0 Å². The summed E-state index contributed by atoms with van der Waals surface area (Å²) in [6.07, 6.45) is 5.35. The molecular formula is C19H23FN4O2. The van der Waals surface area contributed by atoms with Crippen molar-refractivity contribution in [3.8, 4) is 0 Å². The predicted octanol–water partition coefficient (Wildman–Crippen LogP) is 2.38. The minimum absolute atomic E-state index is 0.0944. The highest BCUT2D eigenvalue weighted by atomic mass is 19.1. The summed E-state index contributed by atoms with van der Waals surface area (Å²) in [4.78, 5) is 23.5. The van der Waals surface area contributed by atoms with E-state index in [9.17, 15) is 9.18 Å². The number of aryl methyl sites for hydroxylation is 1. The van der Waals surface area contributed by atoms with Crippen molar-refractivity contribution in [2.75, 3.05) is 25.1 Å². The van der Waals surface area contributed by atoms with Crippen LogP contribution in [0.2, 0.25) is 0 Å². The van der Waals surface area contributed by atoms with E-state index in [-0.39, 0.29) is 17.3 Å². The Labute approximate surface area is 151 Å². The molecule has 0 spiro atoms. The summed E-state index contributed by atoms with van der Waals surface area (Å²) in [7, 11) is 3.23. The predicted molar refractivity (Wildman–Crippen MR) is 99.0 cm³/mol. The van der Waals surface area contributed by atoms with E-state index >= 15 is 0 Å². The molecule has 2 aromatic rings. The number of benzene rings is 1. The largest absolute Gasteiger partial charge is 0.399 e. The lowest BCUT2D eigenvalue weighted by Gasteiger charge is -2.32. The monoisotopic (exact) mass is 358 g/mol. The maximum atomic E-state index is 14.0. The Morgan fingerprint density at radius 1 is 1.35 bits per heavy atom. The highest BCUT2D eigenvalue weighted by molar-refractivity contribution is 5.88. The lowest BCUT2D eigenvalue weighted by molar-refractivity contribution is 0.209. The summed E-state index contributed by atoms with van der Waals surface area (Å²) in [5, 5.41) is 4.16. The van der Waals surface area contributed by atoms with Crippen LogP contribution in [0.4, 0.5) is 10.2 Å². The quantitative estimate of drug-likeness (QED) is 0.608. The van der Waals surface area contributed by atoms with E-state index in [2.05, 4.69) is 10.1 Å². The Morgan fingerprint density at radius 3 is 2.77 bits per heavy atom. The van der Waals surface area contributed by atoms with E-state index in [0.717, 1.165) is 18.6 Å². The van der Waals surface area contributed by atoms with Crippen LogP contribution < -0.4 is 10.5 Å².